The molecule has 0 saturated heterocycles. The summed E-state index contributed by atoms with van der Waals surface area (Å²) in [5, 5.41) is 0. The van der Waals surface area contributed by atoms with Crippen LogP contribution in [0.15, 0.2) is 11.6 Å². The largest absolute Gasteiger partial charge is 0.463 e. The highest BCUT2D eigenvalue weighted by Gasteiger charge is 2.09. The molecule has 2 nitrogen and oxygen atoms in total. The Morgan fingerprint density at radius 3 is 2.61 bits per heavy atom. The molecule has 1 aliphatic rings. The van der Waals surface area contributed by atoms with Crippen molar-refractivity contribution in [1.82, 2.24) is 0 Å². The van der Waals surface area contributed by atoms with E-state index >= 15 is 0 Å². The topological polar surface area (TPSA) is 26.3 Å². The summed E-state index contributed by atoms with van der Waals surface area (Å²) < 4.78 is 5.39. The van der Waals surface area contributed by atoms with E-state index in [1.165, 1.54) is 37.7 Å². The summed E-state index contributed by atoms with van der Waals surface area (Å²) in [7, 11) is 0. The maximum absolute atomic E-state index is 11.6. The van der Waals surface area contributed by atoms with Gasteiger partial charge in [0.2, 0.25) is 0 Å². The van der Waals surface area contributed by atoms with E-state index in [0.717, 1.165) is 25.7 Å². The molecule has 1 unspecified atom stereocenters. The number of hydrogen-bond acceptors (Lipinski definition) is 2. The summed E-state index contributed by atoms with van der Waals surface area (Å²) in [5.74, 6) is -0.0157. The van der Waals surface area contributed by atoms with Crippen molar-refractivity contribution in [2.75, 3.05) is 0 Å². The molecule has 0 bridgehead atoms. The molecule has 0 spiro atoms. The SMILES string of the molecule is CC1=CCCCCC(=O)OC(C)CCCCCC1. The number of rotatable bonds is 0. The Kier molecular flexibility index (Phi) is 7.79. The van der Waals surface area contributed by atoms with E-state index in [1.54, 1.807) is 0 Å². The van der Waals surface area contributed by atoms with Gasteiger partial charge in [0.25, 0.3) is 0 Å². The lowest BCUT2D eigenvalue weighted by Crippen LogP contribution is -2.14. The third-order valence-corrected chi connectivity index (χ3v) is 3.59. The van der Waals surface area contributed by atoms with Crippen molar-refractivity contribution in [1.29, 1.82) is 0 Å². The van der Waals surface area contributed by atoms with E-state index in [1.807, 2.05) is 6.92 Å². The minimum atomic E-state index is -0.0157. The van der Waals surface area contributed by atoms with Gasteiger partial charge >= 0.3 is 5.97 Å². The van der Waals surface area contributed by atoms with Crippen molar-refractivity contribution in [3.8, 4) is 0 Å². The van der Waals surface area contributed by atoms with Gasteiger partial charge in [0, 0.05) is 6.42 Å². The van der Waals surface area contributed by atoms with Gasteiger partial charge < -0.3 is 4.74 Å². The van der Waals surface area contributed by atoms with Crippen LogP contribution in [0.4, 0.5) is 0 Å². The molecule has 1 rings (SSSR count). The van der Waals surface area contributed by atoms with Gasteiger partial charge in [-0.1, -0.05) is 24.5 Å². The normalized spacial score (nSPS) is 25.6. The van der Waals surface area contributed by atoms with Crippen molar-refractivity contribution in [2.45, 2.75) is 84.2 Å². The Hall–Kier alpha value is -0.790. The van der Waals surface area contributed by atoms with Crippen LogP contribution in [0, 0.1) is 0 Å². The highest BCUT2D eigenvalue weighted by molar-refractivity contribution is 5.69. The van der Waals surface area contributed by atoms with Gasteiger partial charge in [-0.25, -0.2) is 0 Å². The van der Waals surface area contributed by atoms with Crippen molar-refractivity contribution in [2.24, 2.45) is 0 Å². The Labute approximate surface area is 112 Å². The second-order valence-corrected chi connectivity index (χ2v) is 5.55. The van der Waals surface area contributed by atoms with Gasteiger partial charge in [-0.05, 0) is 58.8 Å². The van der Waals surface area contributed by atoms with Crippen LogP contribution >= 0.6 is 0 Å². The zero-order chi connectivity index (χ0) is 13.2. The van der Waals surface area contributed by atoms with E-state index in [2.05, 4.69) is 13.0 Å². The second kappa shape index (κ2) is 9.18. The summed E-state index contributed by atoms with van der Waals surface area (Å²) in [6, 6.07) is 0. The zero-order valence-electron chi connectivity index (χ0n) is 12.0. The van der Waals surface area contributed by atoms with Crippen LogP contribution in [0.1, 0.15) is 78.1 Å². The number of ether oxygens (including phenoxy) is 1. The number of esters is 1. The van der Waals surface area contributed by atoms with Crippen molar-refractivity contribution < 1.29 is 9.53 Å². The Morgan fingerprint density at radius 1 is 1.06 bits per heavy atom. The predicted octanol–water partition coefficient (Wildman–Crippen LogP) is 4.78. The monoisotopic (exact) mass is 252 g/mol. The Bertz CT molecular complexity index is 268. The molecule has 18 heavy (non-hydrogen) atoms. The van der Waals surface area contributed by atoms with E-state index in [-0.39, 0.29) is 12.1 Å². The van der Waals surface area contributed by atoms with Crippen LogP contribution in [-0.4, -0.2) is 12.1 Å². The Morgan fingerprint density at radius 2 is 1.78 bits per heavy atom. The molecule has 0 aromatic rings. The molecule has 1 atom stereocenters. The minimum absolute atomic E-state index is 0.0157. The lowest BCUT2D eigenvalue weighted by Gasteiger charge is -2.12. The first-order valence-electron chi connectivity index (χ1n) is 7.53. The third kappa shape index (κ3) is 7.52. The fourth-order valence-electron chi connectivity index (χ4n) is 2.40. The standard InChI is InChI=1S/C16H28O2/c1-14-10-6-3-4-8-12-15(2)18-16(17)13-9-5-7-11-14/h11,15H,3-10,12-13H2,1-2H3. The quantitative estimate of drug-likeness (QED) is 0.458. The van der Waals surface area contributed by atoms with Crippen LogP contribution in [0.25, 0.3) is 0 Å². The Balaban J connectivity index is 2.37. The molecule has 104 valence electrons. The van der Waals surface area contributed by atoms with Crippen LogP contribution < -0.4 is 0 Å². The van der Waals surface area contributed by atoms with Crippen LogP contribution in [0.2, 0.25) is 0 Å². The summed E-state index contributed by atoms with van der Waals surface area (Å²) in [6.45, 7) is 4.25. The van der Waals surface area contributed by atoms with Gasteiger partial charge in [-0.2, -0.15) is 0 Å². The third-order valence-electron chi connectivity index (χ3n) is 3.59. The molecule has 2 heteroatoms. The lowest BCUT2D eigenvalue weighted by molar-refractivity contribution is -0.148. The number of hydrogen-bond donors (Lipinski definition) is 0. The van der Waals surface area contributed by atoms with Crippen LogP contribution in [0.3, 0.4) is 0 Å². The second-order valence-electron chi connectivity index (χ2n) is 5.55. The first-order chi connectivity index (χ1) is 8.68. The number of allylic oxidation sites excluding steroid dienone is 2. The fraction of sp³-hybridized carbons (Fsp3) is 0.812. The molecule has 0 aliphatic carbocycles. The highest BCUT2D eigenvalue weighted by atomic mass is 16.5. The number of carbonyl (C=O) groups excluding carboxylic acids is 1. The molecular formula is C16H28O2. The number of carbonyl (C=O) groups is 1. The summed E-state index contributed by atoms with van der Waals surface area (Å²) >= 11 is 0. The highest BCUT2D eigenvalue weighted by Crippen LogP contribution is 2.15. The molecule has 0 aromatic heterocycles. The summed E-state index contributed by atoms with van der Waals surface area (Å²) in [5.41, 5.74) is 1.51. The van der Waals surface area contributed by atoms with Crippen molar-refractivity contribution in [3.63, 3.8) is 0 Å². The summed E-state index contributed by atoms with van der Waals surface area (Å²) in [6.07, 6.45) is 13.5. The first-order valence-corrected chi connectivity index (χ1v) is 7.53. The average molecular weight is 252 g/mol. The molecule has 1 heterocycles. The maximum Gasteiger partial charge on any atom is 0.306 e. The number of cyclic esters (lactones) is 1. The minimum Gasteiger partial charge on any atom is -0.463 e. The van der Waals surface area contributed by atoms with Gasteiger partial charge in [0.1, 0.15) is 0 Å². The van der Waals surface area contributed by atoms with Gasteiger partial charge in [-0.3, -0.25) is 4.79 Å². The van der Waals surface area contributed by atoms with E-state index in [0.29, 0.717) is 6.42 Å². The lowest BCUT2D eigenvalue weighted by atomic mass is 10.0. The average Bonchev–Trinajstić information content (AvgIpc) is 2.32. The molecule has 1 aliphatic heterocycles. The van der Waals surface area contributed by atoms with Gasteiger partial charge in [0.15, 0.2) is 0 Å². The van der Waals surface area contributed by atoms with E-state index in [4.69, 9.17) is 4.74 Å². The fourth-order valence-corrected chi connectivity index (χ4v) is 2.40. The van der Waals surface area contributed by atoms with E-state index in [9.17, 15) is 4.79 Å². The molecule has 0 aromatic carbocycles. The maximum atomic E-state index is 11.6. The van der Waals surface area contributed by atoms with E-state index < -0.39 is 0 Å². The zero-order valence-corrected chi connectivity index (χ0v) is 12.0. The van der Waals surface area contributed by atoms with Gasteiger partial charge in [-0.15, -0.1) is 0 Å². The molecule has 0 amide bonds. The predicted molar refractivity (Wildman–Crippen MR) is 75.5 cm³/mol. The van der Waals surface area contributed by atoms with Crippen molar-refractivity contribution in [3.05, 3.63) is 11.6 Å². The molecular weight excluding hydrogens is 224 g/mol. The van der Waals surface area contributed by atoms with Crippen molar-refractivity contribution >= 4 is 5.97 Å². The van der Waals surface area contributed by atoms with Gasteiger partial charge in [0.05, 0.1) is 6.10 Å². The first kappa shape index (κ1) is 15.3. The summed E-state index contributed by atoms with van der Waals surface area (Å²) in [4.78, 5) is 11.6. The molecule has 0 radical (unpaired) electrons. The smallest absolute Gasteiger partial charge is 0.306 e. The molecule has 0 fully saturated rings. The molecule has 0 saturated carbocycles. The van der Waals surface area contributed by atoms with Crippen LogP contribution in [0.5, 0.6) is 0 Å². The van der Waals surface area contributed by atoms with Crippen LogP contribution in [-0.2, 0) is 9.53 Å². The molecule has 0 N–H and O–H groups in total.